The van der Waals surface area contributed by atoms with Crippen LogP contribution in [0.5, 0.6) is 0 Å². The third-order valence-electron chi connectivity index (χ3n) is 3.13. The lowest BCUT2D eigenvalue weighted by Crippen LogP contribution is -2.21. The van der Waals surface area contributed by atoms with Crippen molar-refractivity contribution in [2.75, 3.05) is 11.9 Å². The second-order valence-corrected chi connectivity index (χ2v) is 5.27. The Kier molecular flexibility index (Phi) is 5.49. The maximum absolute atomic E-state index is 11.9. The van der Waals surface area contributed by atoms with Gasteiger partial charge in [0.05, 0.1) is 10.5 Å². The van der Waals surface area contributed by atoms with E-state index in [4.69, 9.17) is 16.3 Å². The van der Waals surface area contributed by atoms with Crippen molar-refractivity contribution in [1.29, 1.82) is 0 Å². The number of ether oxygens (including phenoxy) is 1. The van der Waals surface area contributed by atoms with Gasteiger partial charge in [0.15, 0.2) is 6.61 Å². The molecule has 2 rings (SSSR count). The molecule has 0 fully saturated rings. The van der Waals surface area contributed by atoms with Crippen LogP contribution in [0.4, 0.5) is 11.4 Å². The predicted octanol–water partition coefficient (Wildman–Crippen LogP) is 3.35. The number of carbonyl (C=O) groups is 2. The molecular formula is C16H13ClN2O5. The molecule has 0 heterocycles. The molecule has 0 bridgehead atoms. The van der Waals surface area contributed by atoms with Crippen molar-refractivity contribution in [3.05, 3.63) is 68.7 Å². The number of hydrogen-bond donors (Lipinski definition) is 1. The Morgan fingerprint density at radius 1 is 1.25 bits per heavy atom. The van der Waals surface area contributed by atoms with E-state index in [1.807, 2.05) is 0 Å². The third-order valence-corrected chi connectivity index (χ3v) is 3.45. The Labute approximate surface area is 142 Å². The minimum Gasteiger partial charge on any atom is -0.452 e. The lowest BCUT2D eigenvalue weighted by atomic mass is 10.1. The summed E-state index contributed by atoms with van der Waals surface area (Å²) in [5.74, 6) is -1.24. The van der Waals surface area contributed by atoms with E-state index in [9.17, 15) is 19.7 Å². The molecule has 1 amide bonds. The van der Waals surface area contributed by atoms with Crippen LogP contribution in [0.3, 0.4) is 0 Å². The van der Waals surface area contributed by atoms with Crippen LogP contribution in [-0.2, 0) is 9.53 Å². The summed E-state index contributed by atoms with van der Waals surface area (Å²) in [5, 5.41) is 13.2. The number of nitrogens with one attached hydrogen (secondary N) is 1. The standard InChI is InChI=1S/C16H13ClN2O5/c1-10-4-2-3-5-12(10)16(21)24-9-15(20)18-11-6-7-13(17)14(8-11)19(22)23/h2-8H,9H2,1H3,(H,18,20). The predicted molar refractivity (Wildman–Crippen MR) is 88.2 cm³/mol. The summed E-state index contributed by atoms with van der Waals surface area (Å²) in [5.41, 5.74) is 0.957. The first kappa shape index (κ1) is 17.4. The third kappa shape index (κ3) is 4.30. The fraction of sp³-hybridized carbons (Fsp3) is 0.125. The molecule has 124 valence electrons. The molecule has 0 saturated heterocycles. The molecule has 2 aromatic carbocycles. The number of benzene rings is 2. The van der Waals surface area contributed by atoms with Gasteiger partial charge in [-0.15, -0.1) is 0 Å². The Bertz CT molecular complexity index is 807. The molecule has 1 N–H and O–H groups in total. The summed E-state index contributed by atoms with van der Waals surface area (Å²) in [7, 11) is 0. The molecule has 0 aliphatic rings. The number of nitro benzene ring substituents is 1. The molecule has 0 aliphatic heterocycles. The molecule has 0 spiro atoms. The number of amides is 1. The lowest BCUT2D eigenvalue weighted by molar-refractivity contribution is -0.384. The quantitative estimate of drug-likeness (QED) is 0.507. The topological polar surface area (TPSA) is 98.5 Å². The summed E-state index contributed by atoms with van der Waals surface area (Å²) in [6.07, 6.45) is 0. The van der Waals surface area contributed by atoms with Crippen molar-refractivity contribution in [2.24, 2.45) is 0 Å². The maximum Gasteiger partial charge on any atom is 0.338 e. The van der Waals surface area contributed by atoms with Crippen LogP contribution in [0, 0.1) is 17.0 Å². The van der Waals surface area contributed by atoms with Crippen molar-refractivity contribution in [1.82, 2.24) is 0 Å². The SMILES string of the molecule is Cc1ccccc1C(=O)OCC(=O)Nc1ccc(Cl)c([N+](=O)[O-])c1. The second-order valence-electron chi connectivity index (χ2n) is 4.86. The van der Waals surface area contributed by atoms with Gasteiger partial charge in [0.25, 0.3) is 11.6 Å². The van der Waals surface area contributed by atoms with Crippen molar-refractivity contribution in [2.45, 2.75) is 6.92 Å². The first-order valence-corrected chi connectivity index (χ1v) is 7.23. The van der Waals surface area contributed by atoms with Crippen molar-refractivity contribution >= 4 is 34.9 Å². The molecule has 24 heavy (non-hydrogen) atoms. The highest BCUT2D eigenvalue weighted by Crippen LogP contribution is 2.27. The van der Waals surface area contributed by atoms with E-state index in [1.165, 1.54) is 12.1 Å². The van der Waals surface area contributed by atoms with E-state index >= 15 is 0 Å². The number of hydrogen-bond acceptors (Lipinski definition) is 5. The number of rotatable bonds is 5. The Balaban J connectivity index is 1.97. The summed E-state index contributed by atoms with van der Waals surface area (Å²) in [6.45, 7) is 1.24. The van der Waals surface area contributed by atoms with Crippen LogP contribution in [0.2, 0.25) is 5.02 Å². The van der Waals surface area contributed by atoms with Crippen LogP contribution >= 0.6 is 11.6 Å². The van der Waals surface area contributed by atoms with Crippen molar-refractivity contribution in [3.63, 3.8) is 0 Å². The highest BCUT2D eigenvalue weighted by Gasteiger charge is 2.15. The van der Waals surface area contributed by atoms with Crippen LogP contribution in [0.1, 0.15) is 15.9 Å². The van der Waals surface area contributed by atoms with Crippen LogP contribution in [0.15, 0.2) is 42.5 Å². The fourth-order valence-corrected chi connectivity index (χ4v) is 2.12. The van der Waals surface area contributed by atoms with E-state index in [-0.39, 0.29) is 16.4 Å². The molecule has 0 atom stereocenters. The van der Waals surface area contributed by atoms with E-state index in [0.717, 1.165) is 11.6 Å². The van der Waals surface area contributed by atoms with Gasteiger partial charge in [-0.1, -0.05) is 29.8 Å². The van der Waals surface area contributed by atoms with Gasteiger partial charge >= 0.3 is 5.97 Å². The zero-order valence-corrected chi connectivity index (χ0v) is 13.4. The van der Waals surface area contributed by atoms with Gasteiger partial charge in [0.2, 0.25) is 0 Å². The van der Waals surface area contributed by atoms with E-state index in [0.29, 0.717) is 5.56 Å². The van der Waals surface area contributed by atoms with E-state index in [1.54, 1.807) is 31.2 Å². The second kappa shape index (κ2) is 7.56. The highest BCUT2D eigenvalue weighted by atomic mass is 35.5. The zero-order chi connectivity index (χ0) is 17.7. The molecular weight excluding hydrogens is 336 g/mol. The average Bonchev–Trinajstić information content (AvgIpc) is 2.54. The van der Waals surface area contributed by atoms with Gasteiger partial charge in [-0.05, 0) is 30.7 Å². The number of esters is 1. The normalized spacial score (nSPS) is 10.1. The molecule has 0 aromatic heterocycles. The lowest BCUT2D eigenvalue weighted by Gasteiger charge is -2.08. The number of anilines is 1. The molecule has 0 aliphatic carbocycles. The summed E-state index contributed by atoms with van der Waals surface area (Å²) < 4.78 is 4.93. The summed E-state index contributed by atoms with van der Waals surface area (Å²) in [4.78, 5) is 33.9. The largest absolute Gasteiger partial charge is 0.452 e. The average molecular weight is 349 g/mol. The zero-order valence-electron chi connectivity index (χ0n) is 12.6. The van der Waals surface area contributed by atoms with Crippen molar-refractivity contribution in [3.8, 4) is 0 Å². The number of nitrogens with zero attached hydrogens (tertiary/aromatic N) is 1. The summed E-state index contributed by atoms with van der Waals surface area (Å²) >= 11 is 5.69. The fourth-order valence-electron chi connectivity index (χ4n) is 1.94. The molecule has 0 radical (unpaired) electrons. The summed E-state index contributed by atoms with van der Waals surface area (Å²) in [6, 6.07) is 10.7. The first-order valence-electron chi connectivity index (χ1n) is 6.85. The Morgan fingerprint density at radius 2 is 1.96 bits per heavy atom. The van der Waals surface area contributed by atoms with E-state index < -0.39 is 23.4 Å². The molecule has 0 unspecified atom stereocenters. The number of carbonyl (C=O) groups excluding carboxylic acids is 2. The smallest absolute Gasteiger partial charge is 0.338 e. The Morgan fingerprint density at radius 3 is 2.62 bits per heavy atom. The van der Waals surface area contributed by atoms with Gasteiger partial charge in [-0.2, -0.15) is 0 Å². The minimum absolute atomic E-state index is 0.0380. The Hall–Kier alpha value is -2.93. The molecule has 8 heteroatoms. The minimum atomic E-state index is -0.657. The first-order chi connectivity index (χ1) is 11.4. The van der Waals surface area contributed by atoms with Crippen molar-refractivity contribution < 1.29 is 19.2 Å². The van der Waals surface area contributed by atoms with Gasteiger partial charge in [-0.25, -0.2) is 4.79 Å². The number of aryl methyl sites for hydroxylation is 1. The van der Waals surface area contributed by atoms with E-state index in [2.05, 4.69) is 5.32 Å². The monoisotopic (exact) mass is 348 g/mol. The van der Waals surface area contributed by atoms with Crippen LogP contribution in [-0.4, -0.2) is 23.4 Å². The van der Waals surface area contributed by atoms with Gasteiger partial charge in [-0.3, -0.25) is 14.9 Å². The number of halogens is 1. The van der Waals surface area contributed by atoms with Crippen LogP contribution in [0.25, 0.3) is 0 Å². The molecule has 2 aromatic rings. The molecule has 7 nitrogen and oxygen atoms in total. The molecule has 0 saturated carbocycles. The van der Waals surface area contributed by atoms with Gasteiger partial charge in [0, 0.05) is 11.8 Å². The van der Waals surface area contributed by atoms with Gasteiger partial charge in [0.1, 0.15) is 5.02 Å². The highest BCUT2D eigenvalue weighted by molar-refractivity contribution is 6.32. The maximum atomic E-state index is 11.9. The van der Waals surface area contributed by atoms with Crippen LogP contribution < -0.4 is 5.32 Å². The number of nitro groups is 1. The van der Waals surface area contributed by atoms with Gasteiger partial charge < -0.3 is 10.1 Å².